The topological polar surface area (TPSA) is 126 Å². The lowest BCUT2D eigenvalue weighted by molar-refractivity contribution is -0.236. The van der Waals surface area contributed by atoms with E-state index in [2.05, 4.69) is 0 Å². The van der Waals surface area contributed by atoms with Gasteiger partial charge in [0.05, 0.1) is 12.0 Å². The van der Waals surface area contributed by atoms with Gasteiger partial charge >= 0.3 is 5.97 Å². The van der Waals surface area contributed by atoms with E-state index in [0.29, 0.717) is 0 Å². The number of hydrogen-bond acceptors (Lipinski definition) is 7. The highest BCUT2D eigenvalue weighted by molar-refractivity contribution is 6.06. The largest absolute Gasteiger partial charge is 0.504 e. The fourth-order valence-electron chi connectivity index (χ4n) is 2.73. The summed E-state index contributed by atoms with van der Waals surface area (Å²) in [6.45, 7) is 1.76. The van der Waals surface area contributed by atoms with Crippen molar-refractivity contribution in [2.75, 3.05) is 13.7 Å². The first-order chi connectivity index (χ1) is 10.8. The molecular weight excluding hydrogens is 308 g/mol. The van der Waals surface area contributed by atoms with E-state index in [0.717, 1.165) is 6.07 Å². The Morgan fingerprint density at radius 3 is 2.70 bits per heavy atom. The molecule has 1 aliphatic heterocycles. The molecule has 23 heavy (non-hydrogen) atoms. The quantitative estimate of drug-likeness (QED) is 0.706. The molecule has 1 atom stereocenters. The van der Waals surface area contributed by atoms with Crippen molar-refractivity contribution in [3.8, 4) is 11.5 Å². The van der Waals surface area contributed by atoms with E-state index in [4.69, 9.17) is 13.9 Å². The number of carboxylic acid groups (broad SMARTS) is 1. The van der Waals surface area contributed by atoms with Gasteiger partial charge in [0, 0.05) is 25.2 Å². The molecule has 2 aromatic rings. The van der Waals surface area contributed by atoms with Crippen LogP contribution >= 0.6 is 0 Å². The molecule has 8 heteroatoms. The van der Waals surface area contributed by atoms with E-state index in [1.807, 2.05) is 0 Å². The minimum atomic E-state index is -1.54. The molecule has 3 N–H and O–H groups in total. The molecule has 1 aromatic heterocycles. The summed E-state index contributed by atoms with van der Waals surface area (Å²) in [7, 11) is 1.39. The lowest BCUT2D eigenvalue weighted by Gasteiger charge is -2.32. The number of carboxylic acids is 1. The van der Waals surface area contributed by atoms with Crippen LogP contribution in [0.3, 0.4) is 0 Å². The molecule has 122 valence electrons. The van der Waals surface area contributed by atoms with Gasteiger partial charge in [0.1, 0.15) is 11.1 Å². The van der Waals surface area contributed by atoms with Crippen molar-refractivity contribution in [3.63, 3.8) is 0 Å². The zero-order valence-electron chi connectivity index (χ0n) is 12.4. The average molecular weight is 322 g/mol. The second-order valence-electron chi connectivity index (χ2n) is 5.28. The number of aromatic hydroxyl groups is 2. The van der Waals surface area contributed by atoms with Crippen LogP contribution in [0.25, 0.3) is 11.0 Å². The van der Waals surface area contributed by atoms with Crippen molar-refractivity contribution >= 4 is 16.9 Å². The summed E-state index contributed by atoms with van der Waals surface area (Å²) in [4.78, 5) is 24.1. The molecule has 0 aliphatic carbocycles. The zero-order valence-corrected chi connectivity index (χ0v) is 12.4. The molecule has 0 amide bonds. The Morgan fingerprint density at radius 1 is 1.39 bits per heavy atom. The first kappa shape index (κ1) is 15.3. The van der Waals surface area contributed by atoms with Crippen LogP contribution in [-0.4, -0.2) is 35.0 Å². The molecule has 3 rings (SSSR count). The number of phenolic OH excluding ortho intramolecular Hbond substituents is 1. The molecule has 2 heterocycles. The van der Waals surface area contributed by atoms with Crippen molar-refractivity contribution < 1.29 is 34.0 Å². The van der Waals surface area contributed by atoms with Gasteiger partial charge in [-0.05, 0) is 6.92 Å². The van der Waals surface area contributed by atoms with E-state index in [1.54, 1.807) is 6.92 Å². The molecule has 1 aromatic carbocycles. The molecule has 0 bridgehead atoms. The van der Waals surface area contributed by atoms with Crippen LogP contribution in [0.15, 0.2) is 15.3 Å². The van der Waals surface area contributed by atoms with E-state index >= 15 is 0 Å². The summed E-state index contributed by atoms with van der Waals surface area (Å²) in [6, 6.07) is 0.990. The van der Waals surface area contributed by atoms with Crippen molar-refractivity contribution in [2.45, 2.75) is 19.1 Å². The fraction of sp³-hybridized carbons (Fsp3) is 0.333. The van der Waals surface area contributed by atoms with Crippen LogP contribution in [0.1, 0.15) is 28.6 Å². The summed E-state index contributed by atoms with van der Waals surface area (Å²) in [5, 5.41) is 28.4. The number of methoxy groups -OCH3 is 1. The first-order valence-electron chi connectivity index (χ1n) is 6.77. The molecule has 0 saturated heterocycles. The van der Waals surface area contributed by atoms with Gasteiger partial charge in [-0.3, -0.25) is 4.79 Å². The van der Waals surface area contributed by atoms with Crippen LogP contribution in [0.5, 0.6) is 11.5 Å². The Labute approximate surface area is 129 Å². The molecular formula is C15H14O8. The Hall–Kier alpha value is -2.58. The van der Waals surface area contributed by atoms with Crippen LogP contribution in [0.4, 0.5) is 0 Å². The van der Waals surface area contributed by atoms with Crippen molar-refractivity contribution in [1.29, 1.82) is 0 Å². The summed E-state index contributed by atoms with van der Waals surface area (Å²) in [6.07, 6.45) is 0.216. The number of carbonyl (C=O) groups is 1. The molecule has 8 nitrogen and oxygen atoms in total. The van der Waals surface area contributed by atoms with Crippen LogP contribution < -0.4 is 5.43 Å². The highest BCUT2D eigenvalue weighted by Crippen LogP contribution is 2.39. The average Bonchev–Trinajstić information content (AvgIpc) is 2.50. The second-order valence-corrected chi connectivity index (χ2v) is 5.28. The monoisotopic (exact) mass is 322 g/mol. The molecule has 0 fully saturated rings. The first-order valence-corrected chi connectivity index (χ1v) is 6.77. The van der Waals surface area contributed by atoms with Crippen LogP contribution in [0.2, 0.25) is 0 Å². The van der Waals surface area contributed by atoms with Gasteiger partial charge in [-0.25, -0.2) is 4.79 Å². The number of aromatic carboxylic acids is 1. The summed E-state index contributed by atoms with van der Waals surface area (Å²) in [5.74, 6) is -4.30. The van der Waals surface area contributed by atoms with Crippen LogP contribution in [0, 0.1) is 0 Å². The predicted molar refractivity (Wildman–Crippen MR) is 76.8 cm³/mol. The van der Waals surface area contributed by atoms with Gasteiger partial charge in [0.15, 0.2) is 22.7 Å². The SMILES string of the molecule is CO[C@]1(C)OCCc2c1oc1cc(O)c(O)c(C(=O)O)c1c2=O. The normalized spacial score (nSPS) is 20.4. The van der Waals surface area contributed by atoms with E-state index < -0.39 is 34.2 Å². The maximum Gasteiger partial charge on any atom is 0.340 e. The van der Waals surface area contributed by atoms with Gasteiger partial charge in [-0.2, -0.15) is 0 Å². The Morgan fingerprint density at radius 2 is 2.09 bits per heavy atom. The summed E-state index contributed by atoms with van der Waals surface area (Å²) in [5.41, 5.74) is -1.24. The molecule has 0 spiro atoms. The number of ether oxygens (including phenoxy) is 2. The summed E-state index contributed by atoms with van der Waals surface area (Å²) < 4.78 is 16.4. The fourth-order valence-corrected chi connectivity index (χ4v) is 2.73. The Kier molecular flexibility index (Phi) is 3.31. The zero-order chi connectivity index (χ0) is 16.9. The second kappa shape index (κ2) is 4.97. The van der Waals surface area contributed by atoms with Gasteiger partial charge in [-0.1, -0.05) is 0 Å². The van der Waals surface area contributed by atoms with Crippen LogP contribution in [-0.2, 0) is 21.7 Å². The molecule has 0 radical (unpaired) electrons. The molecule has 0 saturated carbocycles. The van der Waals surface area contributed by atoms with Crippen molar-refractivity contribution in [1.82, 2.24) is 0 Å². The van der Waals surface area contributed by atoms with E-state index in [9.17, 15) is 24.9 Å². The third-order valence-electron chi connectivity index (χ3n) is 3.98. The molecule has 1 aliphatic rings. The predicted octanol–water partition coefficient (Wildman–Crippen LogP) is 1.29. The highest BCUT2D eigenvalue weighted by atomic mass is 16.7. The number of benzene rings is 1. The van der Waals surface area contributed by atoms with Gasteiger partial charge in [-0.15, -0.1) is 0 Å². The minimum absolute atomic E-state index is 0.116. The van der Waals surface area contributed by atoms with Gasteiger partial charge in [0.25, 0.3) is 0 Å². The maximum absolute atomic E-state index is 12.7. The smallest absolute Gasteiger partial charge is 0.340 e. The van der Waals surface area contributed by atoms with Crippen molar-refractivity contribution in [2.24, 2.45) is 0 Å². The number of fused-ring (bicyclic) bond motifs is 2. The number of phenols is 2. The lowest BCUT2D eigenvalue weighted by Crippen LogP contribution is -2.37. The summed E-state index contributed by atoms with van der Waals surface area (Å²) >= 11 is 0. The standard InChI is InChI=1S/C15H14O8/c1-15(21-2)13-6(3-4-22-15)11(17)9-8(23-13)5-7(16)12(18)10(9)14(19)20/h5,16,18H,3-4H2,1-2H3,(H,19,20)/t15-/m1/s1. The van der Waals surface area contributed by atoms with Gasteiger partial charge in [0.2, 0.25) is 5.79 Å². The minimum Gasteiger partial charge on any atom is -0.504 e. The molecule has 0 unspecified atom stereocenters. The van der Waals surface area contributed by atoms with E-state index in [-0.39, 0.29) is 35.3 Å². The number of hydrogen-bond donors (Lipinski definition) is 3. The maximum atomic E-state index is 12.7. The third kappa shape index (κ3) is 2.07. The van der Waals surface area contributed by atoms with Crippen molar-refractivity contribution in [3.05, 3.63) is 33.2 Å². The third-order valence-corrected chi connectivity index (χ3v) is 3.98. The number of rotatable bonds is 2. The Balaban J connectivity index is 2.50. The Bertz CT molecular complexity index is 881. The van der Waals surface area contributed by atoms with Gasteiger partial charge < -0.3 is 29.2 Å². The highest BCUT2D eigenvalue weighted by Gasteiger charge is 2.39. The lowest BCUT2D eigenvalue weighted by atomic mass is 9.98. The van der Waals surface area contributed by atoms with E-state index in [1.165, 1.54) is 7.11 Å².